The summed E-state index contributed by atoms with van der Waals surface area (Å²) in [5.74, 6) is 0.391. The predicted octanol–water partition coefficient (Wildman–Crippen LogP) is -0.261. The molecule has 0 saturated heterocycles. The van der Waals surface area contributed by atoms with E-state index in [9.17, 15) is 4.79 Å². The molecular weight excluding hydrogens is 232 g/mol. The van der Waals surface area contributed by atoms with Crippen LogP contribution < -0.4 is 16.0 Å². The zero-order chi connectivity index (χ0) is 13.4. The lowest BCUT2D eigenvalue weighted by atomic mass is 10.2. The summed E-state index contributed by atoms with van der Waals surface area (Å²) in [6.45, 7) is 2.26. The van der Waals surface area contributed by atoms with Gasteiger partial charge in [0.05, 0.1) is 13.2 Å². The van der Waals surface area contributed by atoms with Gasteiger partial charge in [-0.2, -0.15) is 0 Å². The van der Waals surface area contributed by atoms with E-state index in [0.29, 0.717) is 13.2 Å². The molecular formula is C12H20N4O2. The second-order valence-corrected chi connectivity index (χ2v) is 3.98. The number of hydrogen-bond donors (Lipinski definition) is 2. The molecule has 0 bridgehead atoms. The fraction of sp³-hybridized carbons (Fsp3) is 0.500. The van der Waals surface area contributed by atoms with Gasteiger partial charge in [0.1, 0.15) is 5.82 Å². The van der Waals surface area contributed by atoms with Crippen molar-refractivity contribution in [3.63, 3.8) is 0 Å². The molecule has 18 heavy (non-hydrogen) atoms. The Morgan fingerprint density at radius 2 is 2.39 bits per heavy atom. The minimum absolute atomic E-state index is 0.155. The Balaban J connectivity index is 2.63. The van der Waals surface area contributed by atoms with E-state index in [4.69, 9.17) is 10.5 Å². The third kappa shape index (κ3) is 4.68. The van der Waals surface area contributed by atoms with Crippen LogP contribution in [0, 0.1) is 0 Å². The molecule has 0 unspecified atom stereocenters. The molecule has 3 N–H and O–H groups in total. The molecule has 6 heteroatoms. The van der Waals surface area contributed by atoms with Crippen molar-refractivity contribution in [2.24, 2.45) is 5.73 Å². The Bertz CT molecular complexity index is 384. The first-order valence-corrected chi connectivity index (χ1v) is 5.78. The van der Waals surface area contributed by atoms with E-state index in [1.54, 1.807) is 25.3 Å². The van der Waals surface area contributed by atoms with Crippen LogP contribution in [0.3, 0.4) is 0 Å². The predicted molar refractivity (Wildman–Crippen MR) is 70.3 cm³/mol. The summed E-state index contributed by atoms with van der Waals surface area (Å²) < 4.78 is 4.96. The number of hydrogen-bond acceptors (Lipinski definition) is 5. The zero-order valence-corrected chi connectivity index (χ0v) is 10.8. The molecule has 0 aliphatic carbocycles. The van der Waals surface area contributed by atoms with Gasteiger partial charge in [-0.05, 0) is 6.07 Å². The van der Waals surface area contributed by atoms with Crippen LogP contribution >= 0.6 is 0 Å². The number of methoxy groups -OCH3 is 1. The van der Waals surface area contributed by atoms with Crippen LogP contribution in [-0.4, -0.2) is 44.7 Å². The van der Waals surface area contributed by atoms with Crippen molar-refractivity contribution in [3.8, 4) is 0 Å². The molecule has 0 saturated carbocycles. The highest BCUT2D eigenvalue weighted by Gasteiger charge is 2.10. The topological polar surface area (TPSA) is 80.5 Å². The van der Waals surface area contributed by atoms with Gasteiger partial charge in [0.15, 0.2) is 0 Å². The number of nitrogens with one attached hydrogen (secondary N) is 1. The van der Waals surface area contributed by atoms with Crippen LogP contribution in [0.2, 0.25) is 0 Å². The lowest BCUT2D eigenvalue weighted by Crippen LogP contribution is -2.32. The fourth-order valence-electron chi connectivity index (χ4n) is 1.62. The van der Waals surface area contributed by atoms with Crippen molar-refractivity contribution in [1.82, 2.24) is 10.3 Å². The van der Waals surface area contributed by atoms with Crippen LogP contribution in [-0.2, 0) is 16.1 Å². The molecule has 0 aliphatic heterocycles. The standard InChI is InChI=1S/C12H20N4O2/c1-16(9-11(13)17)12-10(4-3-5-15-12)8-14-6-7-18-2/h3-5,14H,6-9H2,1-2H3,(H2,13,17). The maximum Gasteiger partial charge on any atom is 0.236 e. The summed E-state index contributed by atoms with van der Waals surface area (Å²) >= 11 is 0. The minimum Gasteiger partial charge on any atom is -0.383 e. The average molecular weight is 252 g/mol. The highest BCUT2D eigenvalue weighted by Crippen LogP contribution is 2.14. The molecule has 0 aliphatic rings. The van der Waals surface area contributed by atoms with Gasteiger partial charge in [-0.3, -0.25) is 4.79 Å². The van der Waals surface area contributed by atoms with Crippen LogP contribution in [0.1, 0.15) is 5.56 Å². The quantitative estimate of drug-likeness (QED) is 0.623. The molecule has 1 heterocycles. The number of ether oxygens (including phenoxy) is 1. The number of primary amides is 1. The molecule has 6 nitrogen and oxygen atoms in total. The van der Waals surface area contributed by atoms with Crippen LogP contribution in [0.4, 0.5) is 5.82 Å². The molecule has 0 fully saturated rings. The van der Waals surface area contributed by atoms with Crippen LogP contribution in [0.15, 0.2) is 18.3 Å². The Hall–Kier alpha value is -1.66. The highest BCUT2D eigenvalue weighted by molar-refractivity contribution is 5.79. The number of amides is 1. The molecule has 0 atom stereocenters. The number of carbonyl (C=O) groups is 1. The number of likely N-dealkylation sites (N-methyl/N-ethyl adjacent to an activating group) is 1. The third-order valence-corrected chi connectivity index (χ3v) is 2.42. The number of carbonyl (C=O) groups excluding carboxylic acids is 1. The summed E-state index contributed by atoms with van der Waals surface area (Å²) in [7, 11) is 3.46. The van der Waals surface area contributed by atoms with Gasteiger partial charge in [0, 0.05) is 39.0 Å². The third-order valence-electron chi connectivity index (χ3n) is 2.42. The molecule has 0 radical (unpaired) electrons. The first-order chi connectivity index (χ1) is 8.65. The molecule has 1 rings (SSSR count). The SMILES string of the molecule is COCCNCc1cccnc1N(C)CC(N)=O. The van der Waals surface area contributed by atoms with Crippen LogP contribution in [0.5, 0.6) is 0 Å². The van der Waals surface area contributed by atoms with Gasteiger partial charge in [-0.15, -0.1) is 0 Å². The number of anilines is 1. The Morgan fingerprint density at radius 3 is 3.06 bits per heavy atom. The van der Waals surface area contributed by atoms with Crippen molar-refractivity contribution >= 4 is 11.7 Å². The lowest BCUT2D eigenvalue weighted by molar-refractivity contribution is -0.116. The van der Waals surface area contributed by atoms with Gasteiger partial charge < -0.3 is 20.7 Å². The smallest absolute Gasteiger partial charge is 0.236 e. The van der Waals surface area contributed by atoms with Crippen LogP contribution in [0.25, 0.3) is 0 Å². The summed E-state index contributed by atoms with van der Waals surface area (Å²) in [5, 5.41) is 3.24. The molecule has 0 spiro atoms. The normalized spacial score (nSPS) is 10.3. The van der Waals surface area contributed by atoms with Gasteiger partial charge in [-0.1, -0.05) is 6.07 Å². The van der Waals surface area contributed by atoms with Crippen molar-refractivity contribution < 1.29 is 9.53 Å². The van der Waals surface area contributed by atoms with Gasteiger partial charge in [0.25, 0.3) is 0 Å². The van der Waals surface area contributed by atoms with Crippen molar-refractivity contribution in [2.75, 3.05) is 38.8 Å². The Kier molecular flexibility index (Phi) is 6.10. The average Bonchev–Trinajstić information content (AvgIpc) is 2.34. The Labute approximate surface area is 107 Å². The summed E-state index contributed by atoms with van der Waals surface area (Å²) in [6.07, 6.45) is 1.70. The zero-order valence-electron chi connectivity index (χ0n) is 10.8. The van der Waals surface area contributed by atoms with E-state index in [-0.39, 0.29) is 12.5 Å². The maximum atomic E-state index is 10.9. The monoisotopic (exact) mass is 252 g/mol. The Morgan fingerprint density at radius 1 is 1.61 bits per heavy atom. The number of pyridine rings is 1. The summed E-state index contributed by atoms with van der Waals surface area (Å²) in [6, 6.07) is 3.84. The van der Waals surface area contributed by atoms with Crippen molar-refractivity contribution in [2.45, 2.75) is 6.54 Å². The van der Waals surface area contributed by atoms with Gasteiger partial charge in [0.2, 0.25) is 5.91 Å². The van der Waals surface area contributed by atoms with Gasteiger partial charge in [-0.25, -0.2) is 4.98 Å². The van der Waals surface area contributed by atoms with Crippen molar-refractivity contribution in [1.29, 1.82) is 0 Å². The number of aromatic nitrogens is 1. The van der Waals surface area contributed by atoms with E-state index in [1.807, 2.05) is 12.1 Å². The maximum absolute atomic E-state index is 10.9. The number of nitrogens with two attached hydrogens (primary N) is 1. The van der Waals surface area contributed by atoms with E-state index < -0.39 is 0 Å². The second kappa shape index (κ2) is 7.62. The first kappa shape index (κ1) is 14.4. The number of rotatable bonds is 8. The van der Waals surface area contributed by atoms with Gasteiger partial charge >= 0.3 is 0 Å². The molecule has 1 aromatic rings. The van der Waals surface area contributed by atoms with Crippen molar-refractivity contribution in [3.05, 3.63) is 23.9 Å². The van der Waals surface area contributed by atoms with E-state index in [0.717, 1.165) is 17.9 Å². The number of nitrogens with zero attached hydrogens (tertiary/aromatic N) is 2. The summed E-state index contributed by atoms with van der Waals surface area (Å²) in [5.41, 5.74) is 6.21. The summed E-state index contributed by atoms with van der Waals surface area (Å²) in [4.78, 5) is 16.9. The fourth-order valence-corrected chi connectivity index (χ4v) is 1.62. The largest absolute Gasteiger partial charge is 0.383 e. The van der Waals surface area contributed by atoms with E-state index in [1.165, 1.54) is 0 Å². The molecule has 1 aromatic heterocycles. The van der Waals surface area contributed by atoms with E-state index >= 15 is 0 Å². The van der Waals surface area contributed by atoms with E-state index in [2.05, 4.69) is 10.3 Å². The highest BCUT2D eigenvalue weighted by atomic mass is 16.5. The molecule has 0 aromatic carbocycles. The second-order valence-electron chi connectivity index (χ2n) is 3.98. The molecule has 1 amide bonds. The molecule has 100 valence electrons. The first-order valence-electron chi connectivity index (χ1n) is 5.78. The minimum atomic E-state index is -0.374. The lowest BCUT2D eigenvalue weighted by Gasteiger charge is -2.19.